The predicted octanol–water partition coefficient (Wildman–Crippen LogP) is 1.68. The summed E-state index contributed by atoms with van der Waals surface area (Å²) in [5, 5.41) is 10.3. The molecule has 4 nitrogen and oxygen atoms in total. The van der Waals surface area contributed by atoms with Crippen LogP contribution in [0.15, 0.2) is 23.6 Å². The summed E-state index contributed by atoms with van der Waals surface area (Å²) >= 11 is 0. The summed E-state index contributed by atoms with van der Waals surface area (Å²) in [6, 6.07) is 0. The van der Waals surface area contributed by atoms with Gasteiger partial charge in [-0.15, -0.1) is 0 Å². The Labute approximate surface area is 70.7 Å². The zero-order valence-corrected chi connectivity index (χ0v) is 6.82. The highest BCUT2D eigenvalue weighted by Gasteiger charge is 2.15. The maximum absolute atomic E-state index is 10.3. The van der Waals surface area contributed by atoms with Crippen molar-refractivity contribution in [1.82, 2.24) is 0 Å². The monoisotopic (exact) mass is 168 g/mol. The second-order valence-corrected chi connectivity index (χ2v) is 2.33. The van der Waals surface area contributed by atoms with Gasteiger partial charge in [-0.3, -0.25) is 10.1 Å². The summed E-state index contributed by atoms with van der Waals surface area (Å²) in [7, 11) is 0. The Morgan fingerprint density at radius 3 is 2.83 bits per heavy atom. The lowest BCUT2D eigenvalue weighted by molar-refractivity contribution is -0.427. The fraction of sp³-hybridized carbons (Fsp3) is 0.375. The largest absolute Gasteiger partial charge is 0.498 e. The van der Waals surface area contributed by atoms with Gasteiger partial charge in [-0.05, 0) is 13.0 Å². The van der Waals surface area contributed by atoms with E-state index in [1.165, 1.54) is 6.08 Å². The van der Waals surface area contributed by atoms with Crippen LogP contribution in [0.25, 0.3) is 0 Å². The predicted molar refractivity (Wildman–Crippen MR) is 43.7 cm³/mol. The SMILES string of the molecule is CCOC1=CC=C([N+](=O)[O-])C[CH]1. The molecule has 0 heterocycles. The fourth-order valence-corrected chi connectivity index (χ4v) is 0.929. The van der Waals surface area contributed by atoms with Crippen LogP contribution in [0.5, 0.6) is 0 Å². The second-order valence-electron chi connectivity index (χ2n) is 2.33. The zero-order chi connectivity index (χ0) is 8.97. The van der Waals surface area contributed by atoms with Crippen LogP contribution in [0.4, 0.5) is 0 Å². The third kappa shape index (κ3) is 2.08. The van der Waals surface area contributed by atoms with E-state index in [1.54, 1.807) is 12.5 Å². The molecule has 0 spiro atoms. The van der Waals surface area contributed by atoms with E-state index < -0.39 is 0 Å². The van der Waals surface area contributed by atoms with Crippen molar-refractivity contribution < 1.29 is 9.66 Å². The molecule has 0 aromatic carbocycles. The van der Waals surface area contributed by atoms with Crippen molar-refractivity contribution >= 4 is 0 Å². The first-order valence-corrected chi connectivity index (χ1v) is 3.75. The molecule has 0 atom stereocenters. The van der Waals surface area contributed by atoms with Crippen molar-refractivity contribution in [1.29, 1.82) is 0 Å². The van der Waals surface area contributed by atoms with Crippen molar-refractivity contribution in [2.24, 2.45) is 0 Å². The summed E-state index contributed by atoms with van der Waals surface area (Å²) in [5.41, 5.74) is 0.207. The Kier molecular flexibility index (Phi) is 2.85. The second kappa shape index (κ2) is 3.90. The topological polar surface area (TPSA) is 52.4 Å². The normalized spacial score (nSPS) is 16.4. The van der Waals surface area contributed by atoms with Crippen molar-refractivity contribution in [3.8, 4) is 0 Å². The van der Waals surface area contributed by atoms with E-state index in [1.807, 2.05) is 6.92 Å². The van der Waals surface area contributed by atoms with Crippen LogP contribution in [0.2, 0.25) is 0 Å². The van der Waals surface area contributed by atoms with E-state index in [0.717, 1.165) is 0 Å². The first-order chi connectivity index (χ1) is 5.74. The highest BCUT2D eigenvalue weighted by Crippen LogP contribution is 2.17. The number of ether oxygens (including phenoxy) is 1. The lowest BCUT2D eigenvalue weighted by Crippen LogP contribution is -2.04. The minimum atomic E-state index is -0.379. The molecule has 0 aliphatic heterocycles. The summed E-state index contributed by atoms with van der Waals surface area (Å²) in [6.45, 7) is 2.46. The van der Waals surface area contributed by atoms with Gasteiger partial charge in [-0.1, -0.05) is 0 Å². The lowest BCUT2D eigenvalue weighted by Gasteiger charge is -2.09. The zero-order valence-electron chi connectivity index (χ0n) is 6.82. The quantitative estimate of drug-likeness (QED) is 0.475. The van der Waals surface area contributed by atoms with Gasteiger partial charge in [0.15, 0.2) is 0 Å². The first-order valence-electron chi connectivity index (χ1n) is 3.75. The number of allylic oxidation sites excluding steroid dienone is 4. The molecule has 4 heteroatoms. The van der Waals surface area contributed by atoms with Crippen LogP contribution < -0.4 is 0 Å². The van der Waals surface area contributed by atoms with Gasteiger partial charge in [0.05, 0.1) is 11.5 Å². The van der Waals surface area contributed by atoms with Gasteiger partial charge >= 0.3 is 0 Å². The standard InChI is InChI=1S/C8H10NO3/c1-2-12-8-5-3-7(4-6-8)9(10)11/h3,5-6H,2,4H2,1H3. The highest BCUT2D eigenvalue weighted by atomic mass is 16.6. The lowest BCUT2D eigenvalue weighted by atomic mass is 10.1. The van der Waals surface area contributed by atoms with Gasteiger partial charge < -0.3 is 4.74 Å². The van der Waals surface area contributed by atoms with Crippen molar-refractivity contribution in [3.05, 3.63) is 40.1 Å². The van der Waals surface area contributed by atoms with Gasteiger partial charge in [-0.2, -0.15) is 0 Å². The Morgan fingerprint density at radius 2 is 2.42 bits per heavy atom. The molecule has 0 aromatic heterocycles. The maximum atomic E-state index is 10.3. The van der Waals surface area contributed by atoms with Crippen LogP contribution in [0, 0.1) is 16.5 Å². The molecule has 65 valence electrons. The third-order valence-corrected chi connectivity index (χ3v) is 1.50. The fourth-order valence-electron chi connectivity index (χ4n) is 0.929. The molecule has 0 saturated heterocycles. The number of nitro groups is 1. The Morgan fingerprint density at radius 1 is 1.67 bits per heavy atom. The van der Waals surface area contributed by atoms with Gasteiger partial charge in [0, 0.05) is 18.9 Å². The number of rotatable bonds is 3. The molecule has 0 bridgehead atoms. The maximum Gasteiger partial charge on any atom is 0.247 e. The molecule has 1 aliphatic carbocycles. The third-order valence-electron chi connectivity index (χ3n) is 1.50. The number of hydrogen-bond donors (Lipinski definition) is 0. The smallest absolute Gasteiger partial charge is 0.247 e. The van der Waals surface area contributed by atoms with Crippen LogP contribution in [-0.2, 0) is 4.74 Å². The molecule has 0 N–H and O–H groups in total. The summed E-state index contributed by atoms with van der Waals surface area (Å²) in [4.78, 5) is 9.89. The van der Waals surface area contributed by atoms with E-state index >= 15 is 0 Å². The average molecular weight is 168 g/mol. The van der Waals surface area contributed by atoms with Crippen LogP contribution in [0.3, 0.4) is 0 Å². The summed E-state index contributed by atoms with van der Waals surface area (Å²) < 4.78 is 5.15. The Bertz CT molecular complexity index is 243. The average Bonchev–Trinajstić information content (AvgIpc) is 2.06. The molecular formula is C8H10NO3. The molecule has 0 aromatic rings. The molecule has 12 heavy (non-hydrogen) atoms. The van der Waals surface area contributed by atoms with E-state index in [4.69, 9.17) is 4.74 Å². The molecule has 0 fully saturated rings. The number of nitrogens with zero attached hydrogens (tertiary/aromatic N) is 1. The van der Waals surface area contributed by atoms with E-state index in [-0.39, 0.29) is 10.6 Å². The molecule has 0 saturated carbocycles. The van der Waals surface area contributed by atoms with Crippen LogP contribution >= 0.6 is 0 Å². The van der Waals surface area contributed by atoms with Crippen molar-refractivity contribution in [2.45, 2.75) is 13.3 Å². The van der Waals surface area contributed by atoms with Gasteiger partial charge in [-0.25, -0.2) is 0 Å². The first kappa shape index (κ1) is 8.77. The highest BCUT2D eigenvalue weighted by molar-refractivity contribution is 5.24. The molecule has 1 aliphatic rings. The van der Waals surface area contributed by atoms with Gasteiger partial charge in [0.25, 0.3) is 0 Å². The van der Waals surface area contributed by atoms with Gasteiger partial charge in [0.1, 0.15) is 5.76 Å². The van der Waals surface area contributed by atoms with Crippen molar-refractivity contribution in [2.75, 3.05) is 6.61 Å². The molecule has 1 rings (SSSR count). The van der Waals surface area contributed by atoms with Crippen molar-refractivity contribution in [3.63, 3.8) is 0 Å². The number of hydrogen-bond acceptors (Lipinski definition) is 3. The minimum absolute atomic E-state index is 0.207. The molecule has 0 unspecified atom stereocenters. The molecule has 1 radical (unpaired) electrons. The Hall–Kier alpha value is -1.32. The van der Waals surface area contributed by atoms with Crippen LogP contribution in [-0.4, -0.2) is 11.5 Å². The Balaban J connectivity index is 2.60. The molecule has 0 amide bonds. The van der Waals surface area contributed by atoms with E-state index in [0.29, 0.717) is 18.8 Å². The summed E-state index contributed by atoms with van der Waals surface area (Å²) in [6.07, 6.45) is 5.15. The molecular weight excluding hydrogens is 158 g/mol. The van der Waals surface area contributed by atoms with E-state index in [9.17, 15) is 10.1 Å². The van der Waals surface area contributed by atoms with Gasteiger partial charge in [0.2, 0.25) is 5.70 Å². The van der Waals surface area contributed by atoms with E-state index in [2.05, 4.69) is 0 Å². The van der Waals surface area contributed by atoms with Crippen LogP contribution in [0.1, 0.15) is 13.3 Å². The summed E-state index contributed by atoms with van der Waals surface area (Å²) in [5.74, 6) is 0.711. The minimum Gasteiger partial charge on any atom is -0.498 e.